The third-order valence-electron chi connectivity index (χ3n) is 2.66. The van der Waals surface area contributed by atoms with Crippen molar-refractivity contribution < 1.29 is 4.74 Å². The molecule has 0 aliphatic carbocycles. The third-order valence-corrected chi connectivity index (χ3v) is 5.20. The Morgan fingerprint density at radius 1 is 1.44 bits per heavy atom. The van der Waals surface area contributed by atoms with Crippen molar-refractivity contribution in [2.45, 2.75) is 18.6 Å². The number of nitrogens with one attached hydrogen (secondary N) is 1. The maximum Gasteiger partial charge on any atom is 0.161 e. The maximum atomic E-state index is 5.29. The molecule has 0 amide bonds. The largest absolute Gasteiger partial charge is 0.495 e. The lowest BCUT2D eigenvalue weighted by Crippen LogP contribution is -2.07. The molecule has 0 saturated carbocycles. The summed E-state index contributed by atoms with van der Waals surface area (Å²) in [5.74, 6) is 0.802. The number of benzene rings is 1. The number of halogens is 2. The van der Waals surface area contributed by atoms with E-state index in [4.69, 9.17) is 4.74 Å². The van der Waals surface area contributed by atoms with Crippen LogP contribution in [-0.4, -0.2) is 24.1 Å². The zero-order valence-corrected chi connectivity index (χ0v) is 14.2. The second-order valence-electron chi connectivity index (χ2n) is 3.89. The van der Waals surface area contributed by atoms with Crippen molar-refractivity contribution in [1.29, 1.82) is 0 Å². The highest BCUT2D eigenvalue weighted by Gasteiger charge is 2.18. The van der Waals surface area contributed by atoms with Gasteiger partial charge in [-0.25, -0.2) is 0 Å². The molecule has 3 nitrogen and oxygen atoms in total. The Bertz CT molecular complexity index is 479. The zero-order chi connectivity index (χ0) is 13.1. The number of hydrogen-bond acceptors (Lipinski definition) is 4. The molecule has 0 fully saturated rings. The minimum atomic E-state index is 0.601. The van der Waals surface area contributed by atoms with Crippen LogP contribution < -0.4 is 10.1 Å². The molecule has 1 atom stereocenters. The number of nitrogens with zero attached hydrogens (tertiary/aromatic N) is 1. The van der Waals surface area contributed by atoms with Gasteiger partial charge in [-0.1, -0.05) is 18.7 Å². The number of rotatable bonds is 3. The van der Waals surface area contributed by atoms with Gasteiger partial charge in [-0.05, 0) is 44.3 Å². The van der Waals surface area contributed by atoms with Crippen molar-refractivity contribution in [3.05, 3.63) is 21.1 Å². The summed E-state index contributed by atoms with van der Waals surface area (Å²) in [6.45, 7) is 3.09. The molecule has 1 unspecified atom stereocenters. The van der Waals surface area contributed by atoms with E-state index in [1.165, 1.54) is 0 Å². The Balaban J connectivity index is 2.15. The van der Waals surface area contributed by atoms with E-state index in [9.17, 15) is 0 Å². The van der Waals surface area contributed by atoms with Crippen molar-refractivity contribution in [3.8, 4) is 5.75 Å². The van der Waals surface area contributed by atoms with Crippen LogP contribution in [0.4, 0.5) is 5.69 Å². The maximum absolute atomic E-state index is 5.29. The highest BCUT2D eigenvalue weighted by atomic mass is 79.9. The molecule has 18 heavy (non-hydrogen) atoms. The molecule has 6 heteroatoms. The van der Waals surface area contributed by atoms with E-state index < -0.39 is 0 Å². The van der Waals surface area contributed by atoms with Gasteiger partial charge in [0.15, 0.2) is 5.17 Å². The van der Waals surface area contributed by atoms with E-state index >= 15 is 0 Å². The summed E-state index contributed by atoms with van der Waals surface area (Å²) in [4.78, 5) is 4.50. The second-order valence-corrected chi connectivity index (χ2v) is 6.88. The average Bonchev–Trinajstić information content (AvgIpc) is 2.80. The number of thioether (sulfide) groups is 1. The first-order valence-corrected chi connectivity index (χ1v) is 8.11. The first-order valence-electron chi connectivity index (χ1n) is 5.65. The zero-order valence-electron chi connectivity index (χ0n) is 10.2. The van der Waals surface area contributed by atoms with Gasteiger partial charge in [-0.3, -0.25) is 4.99 Å². The van der Waals surface area contributed by atoms with Gasteiger partial charge in [-0.2, -0.15) is 0 Å². The highest BCUT2D eigenvalue weighted by molar-refractivity contribution is 9.11. The van der Waals surface area contributed by atoms with Crippen LogP contribution in [0.25, 0.3) is 0 Å². The van der Waals surface area contributed by atoms with E-state index in [1.54, 1.807) is 18.9 Å². The fourth-order valence-corrected chi connectivity index (χ4v) is 3.80. The normalized spacial score (nSPS) is 18.7. The Kier molecular flexibility index (Phi) is 4.98. The summed E-state index contributed by atoms with van der Waals surface area (Å²) in [5.41, 5.74) is 0.970. The number of methoxy groups -OCH3 is 1. The fraction of sp³-hybridized carbons (Fsp3) is 0.417. The predicted molar refractivity (Wildman–Crippen MR) is 86.0 cm³/mol. The molecule has 1 aromatic rings. The fourth-order valence-electron chi connectivity index (χ4n) is 1.60. The van der Waals surface area contributed by atoms with Gasteiger partial charge in [0.1, 0.15) is 5.75 Å². The van der Waals surface area contributed by atoms with Crippen LogP contribution in [0, 0.1) is 0 Å². The summed E-state index contributed by atoms with van der Waals surface area (Å²) in [7, 11) is 1.66. The molecule has 98 valence electrons. The van der Waals surface area contributed by atoms with Gasteiger partial charge in [0.25, 0.3) is 0 Å². The number of ether oxygens (including phenoxy) is 1. The quantitative estimate of drug-likeness (QED) is 0.819. The van der Waals surface area contributed by atoms with Crippen LogP contribution in [0.15, 0.2) is 26.1 Å². The number of anilines is 1. The molecular weight excluding hydrogens is 380 g/mol. The molecule has 1 N–H and O–H groups in total. The Morgan fingerprint density at radius 3 is 2.83 bits per heavy atom. The van der Waals surface area contributed by atoms with Crippen LogP contribution in [0.3, 0.4) is 0 Å². The van der Waals surface area contributed by atoms with Crippen LogP contribution in [0.1, 0.15) is 13.3 Å². The minimum absolute atomic E-state index is 0.601. The standard InChI is InChI=1S/C12H14Br2N2OS/c1-3-7-6-15-12(18-7)16-10-5-11(17-2)9(14)4-8(10)13/h4-5,7H,3,6H2,1-2H3,(H,15,16). The van der Waals surface area contributed by atoms with Crippen molar-refractivity contribution in [2.24, 2.45) is 4.99 Å². The molecular formula is C12H14Br2N2OS. The van der Waals surface area contributed by atoms with E-state index in [-0.39, 0.29) is 0 Å². The lowest BCUT2D eigenvalue weighted by atomic mass is 10.3. The predicted octanol–water partition coefficient (Wildman–Crippen LogP) is 4.51. The molecule has 1 aliphatic heterocycles. The van der Waals surface area contributed by atoms with Crippen molar-refractivity contribution in [1.82, 2.24) is 0 Å². The number of hydrogen-bond donors (Lipinski definition) is 1. The van der Waals surface area contributed by atoms with Gasteiger partial charge in [0.05, 0.1) is 23.8 Å². The van der Waals surface area contributed by atoms with E-state index in [0.717, 1.165) is 38.5 Å². The van der Waals surface area contributed by atoms with Crippen molar-refractivity contribution >= 4 is 54.5 Å². The Morgan fingerprint density at radius 2 is 2.22 bits per heavy atom. The van der Waals surface area contributed by atoms with Crippen LogP contribution in [0.5, 0.6) is 5.75 Å². The van der Waals surface area contributed by atoms with E-state index in [1.807, 2.05) is 12.1 Å². The smallest absolute Gasteiger partial charge is 0.161 e. The van der Waals surface area contributed by atoms with Crippen LogP contribution in [0.2, 0.25) is 0 Å². The summed E-state index contributed by atoms with van der Waals surface area (Å²) in [6, 6.07) is 3.93. The van der Waals surface area contributed by atoms with Gasteiger partial charge < -0.3 is 10.1 Å². The van der Waals surface area contributed by atoms with E-state index in [0.29, 0.717) is 5.25 Å². The van der Waals surface area contributed by atoms with Gasteiger partial charge in [-0.15, -0.1) is 0 Å². The van der Waals surface area contributed by atoms with E-state index in [2.05, 4.69) is 49.1 Å². The topological polar surface area (TPSA) is 33.6 Å². The third kappa shape index (κ3) is 3.22. The molecule has 2 rings (SSSR count). The first kappa shape index (κ1) is 14.2. The number of amidine groups is 1. The lowest BCUT2D eigenvalue weighted by Gasteiger charge is -2.12. The molecule has 0 aromatic heterocycles. The summed E-state index contributed by atoms with van der Waals surface area (Å²) < 4.78 is 7.20. The summed E-state index contributed by atoms with van der Waals surface area (Å²) in [6.07, 6.45) is 1.14. The SMILES string of the molecule is CCC1CN=C(Nc2cc(OC)c(Br)cc2Br)S1. The average molecular weight is 394 g/mol. The van der Waals surface area contributed by atoms with Gasteiger partial charge in [0.2, 0.25) is 0 Å². The van der Waals surface area contributed by atoms with Crippen molar-refractivity contribution in [2.75, 3.05) is 19.0 Å². The van der Waals surface area contributed by atoms with Crippen LogP contribution >= 0.6 is 43.6 Å². The second kappa shape index (κ2) is 6.30. The van der Waals surface area contributed by atoms with Gasteiger partial charge >= 0.3 is 0 Å². The molecule has 0 spiro atoms. The molecule has 1 heterocycles. The Labute approximate surface area is 128 Å². The van der Waals surface area contributed by atoms with Crippen molar-refractivity contribution in [3.63, 3.8) is 0 Å². The molecule has 0 radical (unpaired) electrons. The number of aliphatic imine (C=N–C) groups is 1. The lowest BCUT2D eigenvalue weighted by molar-refractivity contribution is 0.412. The highest BCUT2D eigenvalue weighted by Crippen LogP contribution is 2.35. The monoisotopic (exact) mass is 392 g/mol. The molecule has 1 aromatic carbocycles. The summed E-state index contributed by atoms with van der Waals surface area (Å²) in [5, 5.41) is 4.92. The summed E-state index contributed by atoms with van der Waals surface area (Å²) >= 11 is 8.79. The van der Waals surface area contributed by atoms with Gasteiger partial charge in [0, 0.05) is 15.8 Å². The molecule has 0 bridgehead atoms. The minimum Gasteiger partial charge on any atom is -0.495 e. The first-order chi connectivity index (χ1) is 8.63. The van der Waals surface area contributed by atoms with Crippen LogP contribution in [-0.2, 0) is 0 Å². The molecule has 0 saturated heterocycles. The Hall–Kier alpha value is -0.200. The molecule has 1 aliphatic rings.